The zero-order chi connectivity index (χ0) is 38.6. The Morgan fingerprint density at radius 1 is 0.963 bits per heavy atom. The number of halogens is 3. The first-order valence-corrected chi connectivity index (χ1v) is 17.2. The first kappa shape index (κ1) is 37.6. The molecule has 1 aliphatic carbocycles. The molecule has 6 rings (SSSR count). The van der Waals surface area contributed by atoms with Crippen molar-refractivity contribution in [3.63, 3.8) is 0 Å². The number of methoxy groups -OCH3 is 2. The highest BCUT2D eigenvalue weighted by Crippen LogP contribution is 2.36. The van der Waals surface area contributed by atoms with Crippen LogP contribution in [0, 0.1) is 0 Å². The normalized spacial score (nSPS) is 14.6. The van der Waals surface area contributed by atoms with E-state index in [-0.39, 0.29) is 17.4 Å². The molecule has 2 aromatic carbocycles. The van der Waals surface area contributed by atoms with Gasteiger partial charge in [-0.3, -0.25) is 9.20 Å². The molecule has 0 saturated heterocycles. The average molecular weight is 744 g/mol. The lowest BCUT2D eigenvalue weighted by Gasteiger charge is -2.25. The SMILES string of the molecule is COc1ccc(CNc2nccn3c(C4=CCC(NC(=O)OC(C)(C)C)CC4)nc(-c4ccc(C(=O)Nc5cc(C(F)(F)F)ccn5)cc4)c23)c(OC)c1. The van der Waals surface area contributed by atoms with Crippen LogP contribution in [0.15, 0.2) is 79.3 Å². The summed E-state index contributed by atoms with van der Waals surface area (Å²) in [4.78, 5) is 39.1. The van der Waals surface area contributed by atoms with E-state index in [9.17, 15) is 22.8 Å². The number of anilines is 2. The van der Waals surface area contributed by atoms with Crippen molar-refractivity contribution in [2.24, 2.45) is 0 Å². The number of rotatable bonds is 10. The predicted octanol–water partition coefficient (Wildman–Crippen LogP) is 8.15. The lowest BCUT2D eigenvalue weighted by Crippen LogP contribution is -2.39. The van der Waals surface area contributed by atoms with Gasteiger partial charge in [-0.15, -0.1) is 0 Å². The van der Waals surface area contributed by atoms with E-state index < -0.39 is 29.3 Å². The summed E-state index contributed by atoms with van der Waals surface area (Å²) in [6.45, 7) is 5.82. The number of aromatic nitrogens is 4. The highest BCUT2D eigenvalue weighted by molar-refractivity contribution is 6.04. The topological polar surface area (TPSA) is 141 Å². The quantitative estimate of drug-likeness (QED) is 0.129. The van der Waals surface area contributed by atoms with Crippen molar-refractivity contribution >= 4 is 34.7 Å². The van der Waals surface area contributed by atoms with Crippen molar-refractivity contribution < 1.29 is 37.0 Å². The number of allylic oxidation sites excluding steroid dienone is 1. The molecule has 15 heteroatoms. The molecule has 1 unspecified atom stereocenters. The molecule has 0 radical (unpaired) electrons. The number of nitrogens with one attached hydrogen (secondary N) is 3. The molecule has 0 spiro atoms. The molecule has 0 bridgehead atoms. The van der Waals surface area contributed by atoms with E-state index in [1.165, 1.54) is 0 Å². The number of alkyl halides is 3. The fourth-order valence-electron chi connectivity index (χ4n) is 6.06. The highest BCUT2D eigenvalue weighted by Gasteiger charge is 2.31. The number of hydrogen-bond donors (Lipinski definition) is 3. The predicted molar refractivity (Wildman–Crippen MR) is 197 cm³/mol. The number of amides is 2. The number of carbonyl (C=O) groups excluding carboxylic acids is 2. The van der Waals surface area contributed by atoms with E-state index in [0.717, 1.165) is 29.5 Å². The monoisotopic (exact) mass is 743 g/mol. The fourth-order valence-corrected chi connectivity index (χ4v) is 6.06. The Morgan fingerprint density at radius 3 is 2.41 bits per heavy atom. The second kappa shape index (κ2) is 15.5. The van der Waals surface area contributed by atoms with Crippen molar-refractivity contribution in [1.29, 1.82) is 0 Å². The van der Waals surface area contributed by atoms with E-state index in [1.54, 1.807) is 50.7 Å². The minimum absolute atomic E-state index is 0.0995. The van der Waals surface area contributed by atoms with Gasteiger partial charge in [0.05, 0.1) is 19.8 Å². The number of carbonyl (C=O) groups is 2. The smallest absolute Gasteiger partial charge is 0.416 e. The maximum absolute atomic E-state index is 13.2. The van der Waals surface area contributed by atoms with Gasteiger partial charge in [-0.25, -0.2) is 19.7 Å². The molecule has 3 N–H and O–H groups in total. The fraction of sp³-hybridized carbons (Fsp3) is 0.308. The van der Waals surface area contributed by atoms with Gasteiger partial charge in [-0.2, -0.15) is 13.2 Å². The van der Waals surface area contributed by atoms with Crippen LogP contribution in [0.25, 0.3) is 22.3 Å². The highest BCUT2D eigenvalue weighted by atomic mass is 19.4. The van der Waals surface area contributed by atoms with Crippen molar-refractivity contribution in [3.05, 3.63) is 102 Å². The van der Waals surface area contributed by atoms with E-state index in [2.05, 4.69) is 32.0 Å². The van der Waals surface area contributed by atoms with Gasteiger partial charge in [0.15, 0.2) is 5.82 Å². The Morgan fingerprint density at radius 2 is 1.74 bits per heavy atom. The lowest BCUT2D eigenvalue weighted by atomic mass is 9.95. The average Bonchev–Trinajstić information content (AvgIpc) is 3.53. The van der Waals surface area contributed by atoms with Gasteiger partial charge in [-0.1, -0.05) is 18.2 Å². The number of benzene rings is 2. The second-order valence-electron chi connectivity index (χ2n) is 13.6. The van der Waals surface area contributed by atoms with E-state index in [4.69, 9.17) is 19.2 Å². The first-order valence-electron chi connectivity index (χ1n) is 17.2. The van der Waals surface area contributed by atoms with Gasteiger partial charge in [0.1, 0.15) is 40.0 Å². The van der Waals surface area contributed by atoms with E-state index in [0.29, 0.717) is 65.7 Å². The zero-order valence-electron chi connectivity index (χ0n) is 30.4. The summed E-state index contributed by atoms with van der Waals surface area (Å²) in [6.07, 6.45) is 3.42. The molecule has 3 aromatic heterocycles. The first-order chi connectivity index (χ1) is 25.7. The Labute approximate surface area is 309 Å². The summed E-state index contributed by atoms with van der Waals surface area (Å²) in [6, 6.07) is 13.7. The Hall–Kier alpha value is -6.12. The van der Waals surface area contributed by atoms with Gasteiger partial charge in [0, 0.05) is 53.9 Å². The van der Waals surface area contributed by atoms with Crippen LogP contribution in [0.3, 0.4) is 0 Å². The van der Waals surface area contributed by atoms with E-state index >= 15 is 0 Å². The number of fused-ring (bicyclic) bond motifs is 1. The molecular formula is C39H40F3N7O5. The van der Waals surface area contributed by atoms with Crippen LogP contribution in [0.5, 0.6) is 11.5 Å². The van der Waals surface area contributed by atoms with Crippen LogP contribution in [-0.2, 0) is 17.5 Å². The van der Waals surface area contributed by atoms with Gasteiger partial charge >= 0.3 is 12.3 Å². The van der Waals surface area contributed by atoms with Gasteiger partial charge in [0.2, 0.25) is 0 Å². The number of alkyl carbamates (subject to hydrolysis) is 1. The molecule has 54 heavy (non-hydrogen) atoms. The number of ether oxygens (including phenoxy) is 3. The van der Waals surface area contributed by atoms with Gasteiger partial charge in [0.25, 0.3) is 5.91 Å². The van der Waals surface area contributed by atoms with Crippen LogP contribution >= 0.6 is 0 Å². The number of nitrogens with zero attached hydrogens (tertiary/aromatic N) is 4. The molecule has 2 amide bonds. The summed E-state index contributed by atoms with van der Waals surface area (Å²) in [5.74, 6) is 1.69. The van der Waals surface area contributed by atoms with Crippen LogP contribution < -0.4 is 25.4 Å². The second-order valence-corrected chi connectivity index (χ2v) is 13.6. The molecule has 0 aliphatic heterocycles. The lowest BCUT2D eigenvalue weighted by molar-refractivity contribution is -0.137. The Bertz CT molecular complexity index is 2190. The summed E-state index contributed by atoms with van der Waals surface area (Å²) < 4.78 is 58.0. The standard InChI is InChI=1S/C39H40F3N7O5/c1-38(2,3)54-37(51)46-28-13-10-24(11-14-28)35-48-32(23-6-8-25(9-7-23)36(50)47-31-20-27(16-17-43-31)39(40,41)42)33-34(44-18-19-49(33)35)45-22-26-12-15-29(52-4)21-30(26)53-5/h6-10,12,15-21,28H,11,13-14,22H2,1-5H3,(H,44,45)(H,46,51)(H,43,47,50). The van der Waals surface area contributed by atoms with Crippen LogP contribution in [0.1, 0.15) is 67.3 Å². The van der Waals surface area contributed by atoms with Gasteiger partial charge < -0.3 is 30.2 Å². The van der Waals surface area contributed by atoms with Gasteiger partial charge in [-0.05, 0) is 82.0 Å². The summed E-state index contributed by atoms with van der Waals surface area (Å²) in [5.41, 5.74) is 2.48. The third kappa shape index (κ3) is 8.73. The molecule has 3 heterocycles. The van der Waals surface area contributed by atoms with Crippen molar-refractivity contribution in [2.75, 3.05) is 24.9 Å². The Balaban J connectivity index is 1.32. The third-order valence-electron chi connectivity index (χ3n) is 8.66. The van der Waals surface area contributed by atoms with Crippen LogP contribution in [-0.4, -0.2) is 57.2 Å². The number of hydrogen-bond acceptors (Lipinski definition) is 9. The number of imidazole rings is 1. The minimum Gasteiger partial charge on any atom is -0.497 e. The third-order valence-corrected chi connectivity index (χ3v) is 8.66. The summed E-state index contributed by atoms with van der Waals surface area (Å²) in [5, 5.41) is 8.83. The maximum Gasteiger partial charge on any atom is 0.416 e. The molecule has 5 aromatic rings. The van der Waals surface area contributed by atoms with Crippen molar-refractivity contribution in [2.45, 2.75) is 64.4 Å². The van der Waals surface area contributed by atoms with Crippen molar-refractivity contribution in [3.8, 4) is 22.8 Å². The largest absolute Gasteiger partial charge is 0.497 e. The van der Waals surface area contributed by atoms with Crippen LogP contribution in [0.4, 0.5) is 29.6 Å². The number of pyridine rings is 1. The summed E-state index contributed by atoms with van der Waals surface area (Å²) in [7, 11) is 3.17. The molecular weight excluding hydrogens is 703 g/mol. The maximum atomic E-state index is 13.2. The molecule has 0 fully saturated rings. The molecule has 1 atom stereocenters. The van der Waals surface area contributed by atoms with Crippen LogP contribution in [0.2, 0.25) is 0 Å². The molecule has 282 valence electrons. The molecule has 12 nitrogen and oxygen atoms in total. The Kier molecular flexibility index (Phi) is 10.8. The molecule has 0 saturated carbocycles. The minimum atomic E-state index is -4.58. The zero-order valence-corrected chi connectivity index (χ0v) is 30.4. The van der Waals surface area contributed by atoms with Crippen molar-refractivity contribution in [1.82, 2.24) is 24.7 Å². The summed E-state index contributed by atoms with van der Waals surface area (Å²) >= 11 is 0. The van der Waals surface area contributed by atoms with E-state index in [1.807, 2.05) is 43.5 Å². The molecule has 1 aliphatic rings.